The maximum atomic E-state index is 12.1. The summed E-state index contributed by atoms with van der Waals surface area (Å²) in [6.45, 7) is 0.468. The summed E-state index contributed by atoms with van der Waals surface area (Å²) in [5.41, 5.74) is 4.89. The molecule has 1 unspecified atom stereocenters. The number of nitrogens with one attached hydrogen (secondary N) is 3. The van der Waals surface area contributed by atoms with Crippen LogP contribution in [0.5, 0.6) is 0 Å². The van der Waals surface area contributed by atoms with Gasteiger partial charge in [-0.3, -0.25) is 4.79 Å². The molecular weight excluding hydrogens is 350 g/mol. The second kappa shape index (κ2) is 7.96. The van der Waals surface area contributed by atoms with Gasteiger partial charge in [0.2, 0.25) is 5.91 Å². The topological polar surface area (TPSA) is 70.2 Å². The van der Waals surface area contributed by atoms with E-state index in [4.69, 9.17) is 0 Å². The van der Waals surface area contributed by atoms with Crippen LogP contribution in [0.15, 0.2) is 78.9 Å². The zero-order valence-corrected chi connectivity index (χ0v) is 15.3. The molecule has 3 aromatic rings. The lowest BCUT2D eigenvalue weighted by molar-refractivity contribution is -0.121. The summed E-state index contributed by atoms with van der Waals surface area (Å²) in [5, 5.41) is 8.72. The highest BCUT2D eigenvalue weighted by Gasteiger charge is 2.25. The number of hydrogen-bond donors (Lipinski definition) is 3. The Morgan fingerprint density at radius 1 is 0.929 bits per heavy atom. The van der Waals surface area contributed by atoms with E-state index < -0.39 is 0 Å². The molecule has 0 saturated heterocycles. The van der Waals surface area contributed by atoms with Gasteiger partial charge in [0, 0.05) is 12.2 Å². The fraction of sp³-hybridized carbons (Fsp3) is 0.130. The van der Waals surface area contributed by atoms with Gasteiger partial charge in [-0.1, -0.05) is 66.7 Å². The van der Waals surface area contributed by atoms with E-state index in [1.165, 1.54) is 0 Å². The monoisotopic (exact) mass is 371 g/mol. The molecule has 5 heteroatoms. The minimum Gasteiger partial charge on any atom is -0.345 e. The normalized spacial score (nSPS) is 15.3. The second-order valence-electron chi connectivity index (χ2n) is 6.79. The minimum absolute atomic E-state index is 0.0196. The number of urea groups is 1. The Balaban J connectivity index is 1.42. The number of fused-ring (bicyclic) bond motifs is 1. The van der Waals surface area contributed by atoms with Crippen LogP contribution in [-0.4, -0.2) is 11.9 Å². The first-order valence-corrected chi connectivity index (χ1v) is 9.25. The molecule has 0 bridgehead atoms. The Labute approximate surface area is 163 Å². The summed E-state index contributed by atoms with van der Waals surface area (Å²) >= 11 is 0. The molecule has 0 fully saturated rings. The zero-order chi connectivity index (χ0) is 19.3. The van der Waals surface area contributed by atoms with Gasteiger partial charge < -0.3 is 16.0 Å². The maximum absolute atomic E-state index is 12.1. The van der Waals surface area contributed by atoms with Crippen molar-refractivity contribution >= 4 is 17.6 Å². The molecule has 5 nitrogen and oxygen atoms in total. The molecule has 0 saturated carbocycles. The van der Waals surface area contributed by atoms with Gasteiger partial charge in [-0.2, -0.15) is 0 Å². The van der Waals surface area contributed by atoms with Crippen LogP contribution in [0.2, 0.25) is 0 Å². The van der Waals surface area contributed by atoms with Crippen molar-refractivity contribution in [2.24, 2.45) is 0 Å². The lowest BCUT2D eigenvalue weighted by Crippen LogP contribution is -2.35. The number of anilines is 1. The van der Waals surface area contributed by atoms with E-state index in [0.717, 1.165) is 22.3 Å². The minimum atomic E-state index is -0.257. The molecule has 1 atom stereocenters. The van der Waals surface area contributed by atoms with Crippen molar-refractivity contribution < 1.29 is 9.59 Å². The van der Waals surface area contributed by atoms with Gasteiger partial charge in [-0.05, 0) is 34.4 Å². The molecule has 140 valence electrons. The Kier molecular flexibility index (Phi) is 5.06. The van der Waals surface area contributed by atoms with Crippen LogP contribution in [0.4, 0.5) is 10.5 Å². The van der Waals surface area contributed by atoms with Crippen LogP contribution >= 0.6 is 0 Å². The average Bonchev–Trinajstić information content (AvgIpc) is 2.73. The van der Waals surface area contributed by atoms with Gasteiger partial charge in [-0.25, -0.2) is 4.79 Å². The SMILES string of the molecule is O=C1Cc2ccccc2C(c2ccc(NC(=O)NCc3ccccc3)cc2)N1. The van der Waals surface area contributed by atoms with Gasteiger partial charge in [0.15, 0.2) is 0 Å². The number of rotatable bonds is 4. The van der Waals surface area contributed by atoms with Crippen molar-refractivity contribution in [2.75, 3.05) is 5.32 Å². The lowest BCUT2D eigenvalue weighted by Gasteiger charge is -2.27. The molecule has 1 aliphatic heterocycles. The van der Waals surface area contributed by atoms with Crippen molar-refractivity contribution in [3.05, 3.63) is 101 Å². The molecule has 0 aliphatic carbocycles. The van der Waals surface area contributed by atoms with Crippen LogP contribution in [-0.2, 0) is 17.8 Å². The van der Waals surface area contributed by atoms with Crippen LogP contribution in [0.3, 0.4) is 0 Å². The first kappa shape index (κ1) is 17.8. The summed E-state index contributed by atoms with van der Waals surface area (Å²) in [6.07, 6.45) is 0.411. The van der Waals surface area contributed by atoms with E-state index in [0.29, 0.717) is 18.7 Å². The number of carbonyl (C=O) groups is 2. The third-order valence-electron chi connectivity index (χ3n) is 4.82. The van der Waals surface area contributed by atoms with Crippen LogP contribution in [0, 0.1) is 0 Å². The molecule has 3 N–H and O–H groups in total. The van der Waals surface area contributed by atoms with Crippen molar-refractivity contribution in [3.8, 4) is 0 Å². The summed E-state index contributed by atoms with van der Waals surface area (Å²) in [6, 6.07) is 24.9. The highest BCUT2D eigenvalue weighted by Crippen LogP contribution is 2.29. The lowest BCUT2D eigenvalue weighted by atomic mass is 9.89. The maximum Gasteiger partial charge on any atom is 0.319 e. The van der Waals surface area contributed by atoms with Gasteiger partial charge in [0.1, 0.15) is 0 Å². The first-order chi connectivity index (χ1) is 13.7. The van der Waals surface area contributed by atoms with Crippen molar-refractivity contribution in [2.45, 2.75) is 19.0 Å². The molecule has 4 rings (SSSR count). The molecular formula is C23H21N3O2. The molecule has 3 amide bonds. The fourth-order valence-corrected chi connectivity index (χ4v) is 3.41. The van der Waals surface area contributed by atoms with E-state index in [-0.39, 0.29) is 18.0 Å². The van der Waals surface area contributed by atoms with E-state index >= 15 is 0 Å². The second-order valence-corrected chi connectivity index (χ2v) is 6.79. The molecule has 3 aromatic carbocycles. The number of amides is 3. The van der Waals surface area contributed by atoms with Crippen LogP contribution in [0.1, 0.15) is 28.3 Å². The molecule has 28 heavy (non-hydrogen) atoms. The number of hydrogen-bond acceptors (Lipinski definition) is 2. The van der Waals surface area contributed by atoms with E-state index in [2.05, 4.69) is 16.0 Å². The smallest absolute Gasteiger partial charge is 0.319 e. The first-order valence-electron chi connectivity index (χ1n) is 9.25. The summed E-state index contributed by atoms with van der Waals surface area (Å²) in [5.74, 6) is 0.0196. The van der Waals surface area contributed by atoms with Gasteiger partial charge in [-0.15, -0.1) is 0 Å². The Hall–Kier alpha value is -3.60. The van der Waals surface area contributed by atoms with Crippen molar-refractivity contribution in [1.82, 2.24) is 10.6 Å². The van der Waals surface area contributed by atoms with E-state index in [1.807, 2.05) is 78.9 Å². The van der Waals surface area contributed by atoms with Crippen LogP contribution < -0.4 is 16.0 Å². The predicted octanol–water partition coefficient (Wildman–Crippen LogP) is 3.77. The summed E-state index contributed by atoms with van der Waals surface area (Å²) in [4.78, 5) is 24.1. The van der Waals surface area contributed by atoms with E-state index in [9.17, 15) is 9.59 Å². The Morgan fingerprint density at radius 2 is 1.64 bits per heavy atom. The molecule has 1 heterocycles. The predicted molar refractivity (Wildman–Crippen MR) is 109 cm³/mol. The molecule has 0 spiro atoms. The van der Waals surface area contributed by atoms with Crippen LogP contribution in [0.25, 0.3) is 0 Å². The highest BCUT2D eigenvalue weighted by molar-refractivity contribution is 5.89. The molecule has 1 aliphatic rings. The zero-order valence-electron chi connectivity index (χ0n) is 15.3. The van der Waals surface area contributed by atoms with E-state index in [1.54, 1.807) is 0 Å². The third kappa shape index (κ3) is 4.04. The molecule has 0 aromatic heterocycles. The van der Waals surface area contributed by atoms with Gasteiger partial charge in [0.05, 0.1) is 12.5 Å². The quantitative estimate of drug-likeness (QED) is 0.653. The van der Waals surface area contributed by atoms with Gasteiger partial charge in [0.25, 0.3) is 0 Å². The molecule has 0 radical (unpaired) electrons. The summed E-state index contributed by atoms with van der Waals surface area (Å²) in [7, 11) is 0. The largest absolute Gasteiger partial charge is 0.345 e. The third-order valence-corrected chi connectivity index (χ3v) is 4.82. The highest BCUT2D eigenvalue weighted by atomic mass is 16.2. The van der Waals surface area contributed by atoms with Crippen molar-refractivity contribution in [3.63, 3.8) is 0 Å². The Morgan fingerprint density at radius 3 is 2.43 bits per heavy atom. The summed E-state index contributed by atoms with van der Waals surface area (Å²) < 4.78 is 0. The average molecular weight is 371 g/mol. The number of benzene rings is 3. The number of carbonyl (C=O) groups excluding carboxylic acids is 2. The Bertz CT molecular complexity index is 984. The fourth-order valence-electron chi connectivity index (χ4n) is 3.41. The van der Waals surface area contributed by atoms with Crippen molar-refractivity contribution in [1.29, 1.82) is 0 Å². The standard InChI is InChI=1S/C23H21N3O2/c27-21-14-18-8-4-5-9-20(18)22(26-21)17-10-12-19(13-11-17)25-23(28)24-15-16-6-2-1-3-7-16/h1-13,22H,14-15H2,(H,26,27)(H2,24,25,28). The van der Waals surface area contributed by atoms with Gasteiger partial charge >= 0.3 is 6.03 Å².